The predicted octanol–water partition coefficient (Wildman–Crippen LogP) is 5.92. The number of amides is 1. The van der Waals surface area contributed by atoms with E-state index in [0.717, 1.165) is 28.7 Å². The molecule has 0 radical (unpaired) electrons. The first-order valence-electron chi connectivity index (χ1n) is 12.1. The molecule has 2 saturated carbocycles. The van der Waals surface area contributed by atoms with Gasteiger partial charge in [0.1, 0.15) is 5.75 Å². The molecule has 1 aliphatic heterocycles. The van der Waals surface area contributed by atoms with Crippen LogP contribution < -0.4 is 15.4 Å². The Labute approximate surface area is 195 Å². The van der Waals surface area contributed by atoms with E-state index in [0.29, 0.717) is 24.4 Å². The van der Waals surface area contributed by atoms with Gasteiger partial charge < -0.3 is 15.4 Å². The van der Waals surface area contributed by atoms with Crippen molar-refractivity contribution in [3.63, 3.8) is 0 Å². The monoisotopic (exact) mass is 438 g/mol. The third-order valence-electron chi connectivity index (χ3n) is 8.12. The minimum absolute atomic E-state index is 0.0153. The zero-order chi connectivity index (χ0) is 22.4. The highest BCUT2D eigenvalue weighted by molar-refractivity contribution is 5.95. The SMILES string of the molecule is COc1ccc(CNC(=O)c2ccc3c(c2)[C@@H]2[C@H]4CC[C@@H](C4)[C@@H]2[C@H](c2ccccc2)N3)cc1. The van der Waals surface area contributed by atoms with Gasteiger partial charge in [-0.25, -0.2) is 0 Å². The van der Waals surface area contributed by atoms with E-state index in [2.05, 4.69) is 53.1 Å². The summed E-state index contributed by atoms with van der Waals surface area (Å²) in [7, 11) is 1.66. The Morgan fingerprint density at radius 2 is 1.79 bits per heavy atom. The standard InChI is InChI=1S/C29H30N2O2/c1-33-23-12-7-18(8-13-23)17-30-29(32)22-11-14-25-24(16-22)26-20-9-10-21(15-20)27(26)28(31-25)19-5-3-2-4-6-19/h2-8,11-14,16,20-21,26-28,31H,9-10,15,17H2,1H3,(H,30,32)/t20-,21-,26-,27-,28-/m0/s1. The van der Waals surface area contributed by atoms with Gasteiger partial charge >= 0.3 is 0 Å². The number of hydrogen-bond acceptors (Lipinski definition) is 3. The van der Waals surface area contributed by atoms with Gasteiger partial charge in [-0.15, -0.1) is 0 Å². The average molecular weight is 439 g/mol. The zero-order valence-electron chi connectivity index (χ0n) is 19.0. The zero-order valence-corrected chi connectivity index (χ0v) is 19.0. The molecule has 0 unspecified atom stereocenters. The van der Waals surface area contributed by atoms with Crippen molar-refractivity contribution in [3.8, 4) is 5.75 Å². The number of benzene rings is 3. The number of carbonyl (C=O) groups is 1. The first-order chi connectivity index (χ1) is 16.2. The minimum Gasteiger partial charge on any atom is -0.497 e. The number of ether oxygens (including phenoxy) is 1. The fraction of sp³-hybridized carbons (Fsp3) is 0.345. The summed E-state index contributed by atoms with van der Waals surface area (Å²) in [5, 5.41) is 6.95. The van der Waals surface area contributed by atoms with Crippen molar-refractivity contribution in [1.82, 2.24) is 5.32 Å². The van der Waals surface area contributed by atoms with Gasteiger partial charge in [-0.3, -0.25) is 4.79 Å². The van der Waals surface area contributed by atoms with Crippen molar-refractivity contribution in [2.75, 3.05) is 12.4 Å². The van der Waals surface area contributed by atoms with Crippen LogP contribution in [0.15, 0.2) is 72.8 Å². The van der Waals surface area contributed by atoms with E-state index in [1.54, 1.807) is 7.11 Å². The fourth-order valence-corrected chi connectivity index (χ4v) is 6.65. The molecule has 0 spiro atoms. The van der Waals surface area contributed by atoms with Crippen LogP contribution in [0.5, 0.6) is 5.75 Å². The molecule has 33 heavy (non-hydrogen) atoms. The normalized spacial score (nSPS) is 26.8. The summed E-state index contributed by atoms with van der Waals surface area (Å²) in [6.07, 6.45) is 3.99. The maximum absolute atomic E-state index is 13.0. The van der Waals surface area contributed by atoms with E-state index in [4.69, 9.17) is 4.74 Å². The molecule has 3 aliphatic rings. The van der Waals surface area contributed by atoms with E-state index in [1.807, 2.05) is 30.3 Å². The molecule has 0 saturated heterocycles. The van der Waals surface area contributed by atoms with Crippen molar-refractivity contribution in [2.24, 2.45) is 17.8 Å². The summed E-state index contributed by atoms with van der Waals surface area (Å²) in [5.74, 6) is 3.47. The molecule has 3 aromatic carbocycles. The lowest BCUT2D eigenvalue weighted by molar-refractivity contribution is 0.0950. The molecule has 2 aliphatic carbocycles. The molecule has 4 heteroatoms. The average Bonchev–Trinajstić information content (AvgIpc) is 3.50. The summed E-state index contributed by atoms with van der Waals surface area (Å²) >= 11 is 0. The molecule has 2 N–H and O–H groups in total. The molecular weight excluding hydrogens is 408 g/mol. The molecule has 2 bridgehead atoms. The largest absolute Gasteiger partial charge is 0.497 e. The Bertz CT molecular complexity index is 1160. The van der Waals surface area contributed by atoms with E-state index in [9.17, 15) is 4.79 Å². The molecule has 5 atom stereocenters. The van der Waals surface area contributed by atoms with Crippen molar-refractivity contribution in [2.45, 2.75) is 37.8 Å². The summed E-state index contributed by atoms with van der Waals surface area (Å²) in [6.45, 7) is 0.505. The van der Waals surface area contributed by atoms with Gasteiger partial charge in [0.15, 0.2) is 0 Å². The van der Waals surface area contributed by atoms with Crippen molar-refractivity contribution in [3.05, 3.63) is 95.1 Å². The molecule has 168 valence electrons. The van der Waals surface area contributed by atoms with Gasteiger partial charge in [0.05, 0.1) is 13.2 Å². The van der Waals surface area contributed by atoms with Crippen LogP contribution in [0.3, 0.4) is 0 Å². The second kappa shape index (κ2) is 8.26. The molecule has 1 heterocycles. The number of nitrogens with one attached hydrogen (secondary N) is 2. The lowest BCUT2D eigenvalue weighted by Gasteiger charge is -2.43. The third kappa shape index (κ3) is 3.58. The molecule has 3 aromatic rings. The Morgan fingerprint density at radius 1 is 1.00 bits per heavy atom. The first kappa shape index (κ1) is 20.3. The number of hydrogen-bond donors (Lipinski definition) is 2. The Balaban J connectivity index is 1.26. The summed E-state index contributed by atoms with van der Waals surface area (Å²) in [5.41, 5.74) is 5.74. The molecule has 6 rings (SSSR count). The summed E-state index contributed by atoms with van der Waals surface area (Å²) in [6, 6.07) is 25.3. The van der Waals surface area contributed by atoms with Gasteiger partial charge in [0, 0.05) is 17.8 Å². The van der Waals surface area contributed by atoms with E-state index >= 15 is 0 Å². The maximum Gasteiger partial charge on any atom is 0.251 e. The van der Waals surface area contributed by atoms with Gasteiger partial charge in [0.2, 0.25) is 0 Å². The number of anilines is 1. The molecule has 1 amide bonds. The van der Waals surface area contributed by atoms with Crippen LogP contribution in [0.25, 0.3) is 0 Å². The Kier molecular flexibility index (Phi) is 5.09. The van der Waals surface area contributed by atoms with Crippen LogP contribution in [-0.4, -0.2) is 13.0 Å². The predicted molar refractivity (Wildman–Crippen MR) is 130 cm³/mol. The first-order valence-corrected chi connectivity index (χ1v) is 12.1. The van der Waals surface area contributed by atoms with Crippen LogP contribution >= 0.6 is 0 Å². The van der Waals surface area contributed by atoms with Gasteiger partial charge in [0.25, 0.3) is 5.91 Å². The summed E-state index contributed by atoms with van der Waals surface area (Å²) < 4.78 is 5.21. The van der Waals surface area contributed by atoms with Crippen LogP contribution in [0.4, 0.5) is 5.69 Å². The lowest BCUT2D eigenvalue weighted by atomic mass is 9.68. The summed E-state index contributed by atoms with van der Waals surface area (Å²) in [4.78, 5) is 13.0. The molecule has 4 nitrogen and oxygen atoms in total. The number of methoxy groups -OCH3 is 1. The van der Waals surface area contributed by atoms with Crippen LogP contribution in [0.1, 0.15) is 58.3 Å². The molecule has 2 fully saturated rings. The highest BCUT2D eigenvalue weighted by Crippen LogP contribution is 2.63. The van der Waals surface area contributed by atoms with E-state index in [-0.39, 0.29) is 5.91 Å². The number of carbonyl (C=O) groups excluding carboxylic acids is 1. The van der Waals surface area contributed by atoms with Crippen LogP contribution in [0, 0.1) is 17.8 Å². The van der Waals surface area contributed by atoms with Crippen molar-refractivity contribution < 1.29 is 9.53 Å². The Hall–Kier alpha value is -3.27. The maximum atomic E-state index is 13.0. The highest BCUT2D eigenvalue weighted by Gasteiger charge is 2.53. The highest BCUT2D eigenvalue weighted by atomic mass is 16.5. The topological polar surface area (TPSA) is 50.4 Å². The van der Waals surface area contributed by atoms with E-state index in [1.165, 1.54) is 36.1 Å². The van der Waals surface area contributed by atoms with Gasteiger partial charge in [-0.1, -0.05) is 42.5 Å². The minimum atomic E-state index is -0.0153. The van der Waals surface area contributed by atoms with Crippen molar-refractivity contribution in [1.29, 1.82) is 0 Å². The quantitative estimate of drug-likeness (QED) is 0.520. The second-order valence-electron chi connectivity index (χ2n) is 9.80. The van der Waals surface area contributed by atoms with Crippen LogP contribution in [0.2, 0.25) is 0 Å². The van der Waals surface area contributed by atoms with Gasteiger partial charge in [-0.2, -0.15) is 0 Å². The third-order valence-corrected chi connectivity index (χ3v) is 8.12. The molecular formula is C29H30N2O2. The number of fused-ring (bicyclic) bond motifs is 7. The van der Waals surface area contributed by atoms with Crippen LogP contribution in [-0.2, 0) is 6.54 Å². The van der Waals surface area contributed by atoms with E-state index < -0.39 is 0 Å². The Morgan fingerprint density at radius 3 is 2.58 bits per heavy atom. The fourth-order valence-electron chi connectivity index (χ4n) is 6.65. The molecule has 0 aromatic heterocycles. The number of rotatable bonds is 5. The van der Waals surface area contributed by atoms with Crippen molar-refractivity contribution >= 4 is 11.6 Å². The second-order valence-corrected chi connectivity index (χ2v) is 9.80. The smallest absolute Gasteiger partial charge is 0.251 e. The lowest BCUT2D eigenvalue weighted by Crippen LogP contribution is -2.35. The van der Waals surface area contributed by atoms with Gasteiger partial charge in [-0.05, 0) is 90.0 Å².